The first kappa shape index (κ1) is 18.0. The van der Waals surface area contributed by atoms with E-state index in [1.165, 1.54) is 11.3 Å². The molecule has 3 rings (SSSR count). The lowest BCUT2D eigenvalue weighted by Gasteiger charge is -2.46. The number of aromatic nitrogens is 1. The Kier molecular flexibility index (Phi) is 5.17. The highest BCUT2D eigenvalue weighted by atomic mass is 32.1. The average molecular weight is 366 g/mol. The molecule has 3 amide bonds. The summed E-state index contributed by atoms with van der Waals surface area (Å²) in [5.41, 5.74) is -0.486. The van der Waals surface area contributed by atoms with Crippen molar-refractivity contribution >= 4 is 28.6 Å². The molecule has 2 atom stereocenters. The van der Waals surface area contributed by atoms with E-state index in [9.17, 15) is 9.59 Å². The van der Waals surface area contributed by atoms with Gasteiger partial charge in [-0.2, -0.15) is 0 Å². The van der Waals surface area contributed by atoms with Crippen LogP contribution in [-0.2, 0) is 4.74 Å². The first-order valence-electron chi connectivity index (χ1n) is 8.78. The molecule has 1 aromatic rings. The summed E-state index contributed by atoms with van der Waals surface area (Å²) in [6.45, 7) is 7.66. The van der Waals surface area contributed by atoms with Crippen LogP contribution in [0.25, 0.3) is 0 Å². The molecule has 2 aliphatic heterocycles. The van der Waals surface area contributed by atoms with E-state index >= 15 is 0 Å². The fourth-order valence-corrected chi connectivity index (χ4v) is 4.11. The molecular weight excluding hydrogens is 340 g/mol. The molecule has 0 radical (unpaired) electrons. The van der Waals surface area contributed by atoms with Gasteiger partial charge in [0.15, 0.2) is 5.13 Å². The zero-order valence-electron chi connectivity index (χ0n) is 15.0. The third-order valence-electron chi connectivity index (χ3n) is 4.63. The third-order valence-corrected chi connectivity index (χ3v) is 5.32. The number of piperidine rings is 2. The lowest BCUT2D eigenvalue weighted by atomic mass is 9.84. The van der Waals surface area contributed by atoms with E-state index in [2.05, 4.69) is 10.3 Å². The maximum atomic E-state index is 12.6. The first-order valence-corrected chi connectivity index (χ1v) is 9.66. The van der Waals surface area contributed by atoms with Gasteiger partial charge in [-0.3, -0.25) is 5.32 Å². The highest BCUT2D eigenvalue weighted by Crippen LogP contribution is 2.31. The van der Waals surface area contributed by atoms with Crippen LogP contribution in [-0.4, -0.2) is 58.2 Å². The van der Waals surface area contributed by atoms with Gasteiger partial charge in [0.25, 0.3) is 0 Å². The molecule has 2 aliphatic rings. The second-order valence-corrected chi connectivity index (χ2v) is 8.54. The Morgan fingerprint density at radius 1 is 1.32 bits per heavy atom. The first-order chi connectivity index (χ1) is 11.8. The second-order valence-electron chi connectivity index (χ2n) is 7.65. The van der Waals surface area contributed by atoms with Crippen molar-refractivity contribution in [1.82, 2.24) is 14.8 Å². The van der Waals surface area contributed by atoms with Crippen molar-refractivity contribution in [1.29, 1.82) is 0 Å². The molecular formula is C17H26N4O3S. The van der Waals surface area contributed by atoms with Crippen LogP contribution in [0.1, 0.15) is 40.0 Å². The van der Waals surface area contributed by atoms with E-state index in [0.29, 0.717) is 24.1 Å². The van der Waals surface area contributed by atoms with Crippen LogP contribution in [0.2, 0.25) is 0 Å². The predicted octanol–water partition coefficient (Wildman–Crippen LogP) is 3.40. The molecule has 7 nitrogen and oxygen atoms in total. The topological polar surface area (TPSA) is 74.8 Å². The van der Waals surface area contributed by atoms with Gasteiger partial charge < -0.3 is 14.5 Å². The number of rotatable bonds is 1. The molecule has 1 N–H and O–H groups in total. The van der Waals surface area contributed by atoms with Crippen molar-refractivity contribution in [3.63, 3.8) is 0 Å². The van der Waals surface area contributed by atoms with Gasteiger partial charge in [0.1, 0.15) is 5.60 Å². The molecule has 3 heterocycles. The van der Waals surface area contributed by atoms with Gasteiger partial charge in [-0.25, -0.2) is 14.6 Å². The summed E-state index contributed by atoms with van der Waals surface area (Å²) in [5, 5.41) is 5.34. The predicted molar refractivity (Wildman–Crippen MR) is 96.8 cm³/mol. The molecule has 0 saturated carbocycles. The zero-order chi connectivity index (χ0) is 18.0. The fourth-order valence-electron chi connectivity index (χ4n) is 3.60. The molecule has 0 aliphatic carbocycles. The summed E-state index contributed by atoms with van der Waals surface area (Å²) >= 11 is 1.42. The van der Waals surface area contributed by atoms with Crippen LogP contribution in [0.5, 0.6) is 0 Å². The fraction of sp³-hybridized carbons (Fsp3) is 0.706. The van der Waals surface area contributed by atoms with Gasteiger partial charge in [-0.05, 0) is 46.0 Å². The number of fused-ring (bicyclic) bond motifs is 1. The second kappa shape index (κ2) is 7.19. The smallest absolute Gasteiger partial charge is 0.410 e. The zero-order valence-corrected chi connectivity index (χ0v) is 15.8. The lowest BCUT2D eigenvalue weighted by molar-refractivity contribution is -0.000538. The van der Waals surface area contributed by atoms with Crippen molar-refractivity contribution in [2.45, 2.75) is 51.7 Å². The number of hydrogen-bond acceptors (Lipinski definition) is 5. The summed E-state index contributed by atoms with van der Waals surface area (Å²) in [6, 6.07) is 0.0859. The molecule has 138 valence electrons. The highest BCUT2D eigenvalue weighted by Gasteiger charge is 2.40. The molecule has 8 heteroatoms. The number of ether oxygens (including phenoxy) is 1. The monoisotopic (exact) mass is 366 g/mol. The molecule has 0 spiro atoms. The summed E-state index contributed by atoms with van der Waals surface area (Å²) in [5.74, 6) is 0.303. The maximum Gasteiger partial charge on any atom is 0.410 e. The largest absolute Gasteiger partial charge is 0.444 e. The van der Waals surface area contributed by atoms with E-state index in [0.717, 1.165) is 25.8 Å². The van der Waals surface area contributed by atoms with Crippen LogP contribution in [0.4, 0.5) is 14.7 Å². The summed E-state index contributed by atoms with van der Waals surface area (Å²) in [6.07, 6.45) is 4.20. The van der Waals surface area contributed by atoms with Gasteiger partial charge in [0, 0.05) is 37.3 Å². The van der Waals surface area contributed by atoms with Gasteiger partial charge >= 0.3 is 12.1 Å². The van der Waals surface area contributed by atoms with Crippen LogP contribution in [0, 0.1) is 5.92 Å². The molecule has 2 unspecified atom stereocenters. The summed E-state index contributed by atoms with van der Waals surface area (Å²) in [7, 11) is 0. The van der Waals surface area contributed by atoms with E-state index in [4.69, 9.17) is 4.74 Å². The lowest BCUT2D eigenvalue weighted by Crippen LogP contribution is -2.57. The SMILES string of the molecule is CC(C)(C)OC(=O)N1CCC2C(CCCN2C(=O)Nc2nccs2)C1. The minimum Gasteiger partial charge on any atom is -0.444 e. The maximum absolute atomic E-state index is 12.6. The molecule has 2 saturated heterocycles. The average Bonchev–Trinajstić information content (AvgIpc) is 3.05. The number of nitrogens with one attached hydrogen (secondary N) is 1. The van der Waals surface area contributed by atoms with Crippen molar-refractivity contribution in [3.8, 4) is 0 Å². The van der Waals surface area contributed by atoms with Crippen LogP contribution >= 0.6 is 11.3 Å². The standard InChI is InChI=1S/C17H26N4O3S/c1-17(2,3)24-16(23)20-9-6-13-12(11-20)5-4-8-21(13)15(22)19-14-18-7-10-25-14/h7,10,12-13H,4-6,8-9,11H2,1-3H3,(H,18,19,22). The van der Waals surface area contributed by atoms with E-state index in [1.807, 2.05) is 31.1 Å². The van der Waals surface area contributed by atoms with Crippen molar-refractivity contribution in [2.75, 3.05) is 25.0 Å². The Morgan fingerprint density at radius 2 is 2.12 bits per heavy atom. The van der Waals surface area contributed by atoms with Crippen LogP contribution in [0.15, 0.2) is 11.6 Å². The van der Waals surface area contributed by atoms with E-state index < -0.39 is 5.60 Å². The van der Waals surface area contributed by atoms with Gasteiger partial charge in [0.05, 0.1) is 0 Å². The Labute approximate surface area is 152 Å². The minimum absolute atomic E-state index is 0.0876. The molecule has 0 bridgehead atoms. The Bertz CT molecular complexity index is 614. The molecule has 2 fully saturated rings. The Balaban J connectivity index is 1.61. The normalized spacial score (nSPS) is 23.8. The van der Waals surface area contributed by atoms with Gasteiger partial charge in [0.2, 0.25) is 0 Å². The van der Waals surface area contributed by atoms with Crippen molar-refractivity contribution in [2.24, 2.45) is 5.92 Å². The van der Waals surface area contributed by atoms with Crippen LogP contribution in [0.3, 0.4) is 0 Å². The molecule has 1 aromatic heterocycles. The van der Waals surface area contributed by atoms with Gasteiger partial charge in [-0.15, -0.1) is 11.3 Å². The summed E-state index contributed by atoms with van der Waals surface area (Å²) in [4.78, 5) is 32.7. The van der Waals surface area contributed by atoms with Crippen LogP contribution < -0.4 is 5.32 Å². The summed E-state index contributed by atoms with van der Waals surface area (Å²) < 4.78 is 5.49. The third kappa shape index (κ3) is 4.42. The number of carbonyl (C=O) groups excluding carboxylic acids is 2. The number of hydrogen-bond donors (Lipinski definition) is 1. The number of carbonyl (C=O) groups is 2. The number of thiazole rings is 1. The number of anilines is 1. The number of likely N-dealkylation sites (tertiary alicyclic amines) is 2. The molecule has 0 aromatic carbocycles. The number of nitrogens with zero attached hydrogens (tertiary/aromatic N) is 3. The number of amides is 3. The van der Waals surface area contributed by atoms with E-state index in [-0.39, 0.29) is 18.2 Å². The quantitative estimate of drug-likeness (QED) is 0.827. The van der Waals surface area contributed by atoms with Gasteiger partial charge in [-0.1, -0.05) is 0 Å². The Morgan fingerprint density at radius 3 is 2.80 bits per heavy atom. The van der Waals surface area contributed by atoms with E-state index in [1.54, 1.807) is 11.1 Å². The van der Waals surface area contributed by atoms with Crippen molar-refractivity contribution < 1.29 is 14.3 Å². The molecule has 25 heavy (non-hydrogen) atoms. The number of urea groups is 1. The van der Waals surface area contributed by atoms with Crippen molar-refractivity contribution in [3.05, 3.63) is 11.6 Å². The minimum atomic E-state index is -0.486. The Hall–Kier alpha value is -1.83. The highest BCUT2D eigenvalue weighted by molar-refractivity contribution is 7.13.